The summed E-state index contributed by atoms with van der Waals surface area (Å²) in [6.45, 7) is 0. The van der Waals surface area contributed by atoms with Gasteiger partial charge in [0.2, 0.25) is 0 Å². The molecular formula is C14H12N2O. The molecule has 0 saturated carbocycles. The van der Waals surface area contributed by atoms with Crippen molar-refractivity contribution < 1.29 is 0 Å². The lowest BCUT2D eigenvalue weighted by atomic mass is 10.1. The number of nitrogens with zero attached hydrogens (tertiary/aromatic N) is 2. The van der Waals surface area contributed by atoms with E-state index in [2.05, 4.69) is 34.3 Å². The van der Waals surface area contributed by atoms with E-state index >= 15 is 0 Å². The zero-order valence-electron chi connectivity index (χ0n) is 9.34. The second kappa shape index (κ2) is 4.01. The van der Waals surface area contributed by atoms with Crippen LogP contribution in [0.5, 0.6) is 0 Å². The molecule has 0 N–H and O–H groups in total. The largest absolute Gasteiger partial charge is 0.327 e. The molecule has 0 fully saturated rings. The highest BCUT2D eigenvalue weighted by Crippen LogP contribution is 2.26. The Morgan fingerprint density at radius 3 is 2.65 bits per heavy atom. The van der Waals surface area contributed by atoms with Crippen molar-refractivity contribution >= 4 is 11.9 Å². The fourth-order valence-electron chi connectivity index (χ4n) is 2.16. The maximum atomic E-state index is 10.4. The van der Waals surface area contributed by atoms with Crippen molar-refractivity contribution in [3.8, 4) is 11.1 Å². The minimum atomic E-state index is 0.470. The average molecular weight is 224 g/mol. The van der Waals surface area contributed by atoms with Gasteiger partial charge in [-0.3, -0.25) is 0 Å². The van der Waals surface area contributed by atoms with Gasteiger partial charge in [0.15, 0.2) is 0 Å². The molecule has 3 heteroatoms. The molecule has 84 valence electrons. The molecule has 0 bridgehead atoms. The van der Waals surface area contributed by atoms with Gasteiger partial charge < -0.3 is 4.57 Å². The molecule has 1 aromatic carbocycles. The fourth-order valence-corrected chi connectivity index (χ4v) is 2.16. The van der Waals surface area contributed by atoms with Crippen molar-refractivity contribution in [2.24, 2.45) is 5.18 Å². The number of fused-ring (bicyclic) bond motifs is 1. The Labute approximate surface area is 99.4 Å². The summed E-state index contributed by atoms with van der Waals surface area (Å²) in [4.78, 5) is 10.4. The average Bonchev–Trinajstić information content (AvgIpc) is 2.82. The van der Waals surface area contributed by atoms with Crippen LogP contribution in [-0.4, -0.2) is 4.57 Å². The molecule has 1 aliphatic heterocycles. The SMILES string of the molecule is O=Nc1ccc(-c2cc3n(c2)C=CCC3)cc1. The van der Waals surface area contributed by atoms with E-state index in [1.54, 1.807) is 12.1 Å². The summed E-state index contributed by atoms with van der Waals surface area (Å²) < 4.78 is 2.16. The van der Waals surface area contributed by atoms with E-state index in [1.807, 2.05) is 12.1 Å². The molecule has 0 unspecified atom stereocenters. The predicted molar refractivity (Wildman–Crippen MR) is 69.0 cm³/mol. The van der Waals surface area contributed by atoms with Crippen LogP contribution in [0.4, 0.5) is 5.69 Å². The van der Waals surface area contributed by atoms with E-state index in [0.29, 0.717) is 5.69 Å². The number of aromatic nitrogens is 1. The van der Waals surface area contributed by atoms with Gasteiger partial charge >= 0.3 is 0 Å². The summed E-state index contributed by atoms with van der Waals surface area (Å²) in [7, 11) is 0. The van der Waals surface area contributed by atoms with Gasteiger partial charge in [0, 0.05) is 18.1 Å². The van der Waals surface area contributed by atoms with Crippen molar-refractivity contribution in [2.45, 2.75) is 12.8 Å². The van der Waals surface area contributed by atoms with Gasteiger partial charge in [0.25, 0.3) is 0 Å². The van der Waals surface area contributed by atoms with Crippen molar-refractivity contribution in [2.75, 3.05) is 0 Å². The Balaban J connectivity index is 2.00. The zero-order valence-corrected chi connectivity index (χ0v) is 9.34. The topological polar surface area (TPSA) is 34.4 Å². The van der Waals surface area contributed by atoms with Gasteiger partial charge in [-0.2, -0.15) is 0 Å². The first kappa shape index (κ1) is 10.0. The maximum Gasteiger partial charge on any atom is 0.108 e. The minimum Gasteiger partial charge on any atom is -0.327 e. The third-order valence-corrected chi connectivity index (χ3v) is 3.07. The van der Waals surface area contributed by atoms with E-state index in [-0.39, 0.29) is 0 Å². The molecule has 1 aliphatic rings. The van der Waals surface area contributed by atoms with Crippen LogP contribution in [0.15, 0.2) is 47.8 Å². The van der Waals surface area contributed by atoms with Crippen LogP contribution in [0.1, 0.15) is 12.1 Å². The van der Waals surface area contributed by atoms with Crippen LogP contribution in [0.25, 0.3) is 17.3 Å². The number of hydrogen-bond acceptors (Lipinski definition) is 2. The first-order valence-electron chi connectivity index (χ1n) is 5.68. The van der Waals surface area contributed by atoms with Crippen molar-refractivity contribution in [1.29, 1.82) is 0 Å². The summed E-state index contributed by atoms with van der Waals surface area (Å²) in [5, 5.41) is 2.90. The highest BCUT2D eigenvalue weighted by atomic mass is 16.3. The number of rotatable bonds is 2. The van der Waals surface area contributed by atoms with Gasteiger partial charge in [-0.25, -0.2) is 0 Å². The smallest absolute Gasteiger partial charge is 0.108 e. The maximum absolute atomic E-state index is 10.4. The Bertz CT molecular complexity index is 579. The van der Waals surface area contributed by atoms with Crippen molar-refractivity contribution in [3.05, 3.63) is 53.2 Å². The lowest BCUT2D eigenvalue weighted by Crippen LogP contribution is -1.97. The predicted octanol–water partition coefficient (Wildman–Crippen LogP) is 3.97. The highest BCUT2D eigenvalue weighted by molar-refractivity contribution is 5.66. The summed E-state index contributed by atoms with van der Waals surface area (Å²) in [5.74, 6) is 0. The second-order valence-corrected chi connectivity index (χ2v) is 4.19. The number of allylic oxidation sites excluding steroid dienone is 1. The van der Waals surface area contributed by atoms with E-state index in [0.717, 1.165) is 18.4 Å². The Morgan fingerprint density at radius 1 is 1.12 bits per heavy atom. The lowest BCUT2D eigenvalue weighted by Gasteiger charge is -2.06. The van der Waals surface area contributed by atoms with Gasteiger partial charge in [-0.05, 0) is 47.3 Å². The molecule has 0 atom stereocenters. The van der Waals surface area contributed by atoms with Crippen LogP contribution < -0.4 is 0 Å². The first-order valence-corrected chi connectivity index (χ1v) is 5.68. The van der Waals surface area contributed by atoms with Gasteiger partial charge in [-0.1, -0.05) is 18.2 Å². The third-order valence-electron chi connectivity index (χ3n) is 3.07. The second-order valence-electron chi connectivity index (χ2n) is 4.19. The van der Waals surface area contributed by atoms with Gasteiger partial charge in [0.1, 0.15) is 5.69 Å². The zero-order chi connectivity index (χ0) is 11.7. The highest BCUT2D eigenvalue weighted by Gasteiger charge is 2.08. The van der Waals surface area contributed by atoms with Gasteiger partial charge in [-0.15, -0.1) is 4.91 Å². The van der Waals surface area contributed by atoms with Crippen LogP contribution in [-0.2, 0) is 6.42 Å². The van der Waals surface area contributed by atoms with E-state index in [9.17, 15) is 4.91 Å². The Hall–Kier alpha value is -2.16. The summed E-state index contributed by atoms with van der Waals surface area (Å²) in [5.41, 5.74) is 4.11. The summed E-state index contributed by atoms with van der Waals surface area (Å²) >= 11 is 0. The molecule has 17 heavy (non-hydrogen) atoms. The molecule has 0 amide bonds. The fraction of sp³-hybridized carbons (Fsp3) is 0.143. The first-order chi connectivity index (χ1) is 8.36. The van der Waals surface area contributed by atoms with Crippen molar-refractivity contribution in [3.63, 3.8) is 0 Å². The van der Waals surface area contributed by atoms with E-state index < -0.39 is 0 Å². The van der Waals surface area contributed by atoms with Crippen LogP contribution in [0.2, 0.25) is 0 Å². The molecular weight excluding hydrogens is 212 g/mol. The standard InChI is InChI=1S/C14H12N2O/c17-15-13-6-4-11(5-7-13)12-9-14-3-1-2-8-16(14)10-12/h2,4-10H,1,3H2. The summed E-state index contributed by atoms with van der Waals surface area (Å²) in [6, 6.07) is 9.56. The van der Waals surface area contributed by atoms with Crippen LogP contribution in [0.3, 0.4) is 0 Å². The third kappa shape index (κ3) is 1.80. The minimum absolute atomic E-state index is 0.470. The van der Waals surface area contributed by atoms with Crippen LogP contribution in [0, 0.1) is 4.91 Å². The molecule has 3 nitrogen and oxygen atoms in total. The molecule has 2 aromatic rings. The summed E-state index contributed by atoms with van der Waals surface area (Å²) in [6.07, 6.45) is 8.59. The number of nitroso groups, excluding NO2 is 1. The number of aryl methyl sites for hydroxylation is 1. The Kier molecular flexibility index (Phi) is 2.37. The number of benzene rings is 1. The van der Waals surface area contributed by atoms with E-state index in [1.165, 1.54) is 11.3 Å². The monoisotopic (exact) mass is 224 g/mol. The van der Waals surface area contributed by atoms with E-state index in [4.69, 9.17) is 0 Å². The van der Waals surface area contributed by atoms with Crippen molar-refractivity contribution in [1.82, 2.24) is 4.57 Å². The van der Waals surface area contributed by atoms with Crippen LogP contribution >= 0.6 is 0 Å². The quantitative estimate of drug-likeness (QED) is 0.710. The molecule has 2 heterocycles. The molecule has 3 rings (SSSR count). The molecule has 0 aliphatic carbocycles. The molecule has 0 saturated heterocycles. The molecule has 0 spiro atoms. The van der Waals surface area contributed by atoms with Gasteiger partial charge in [0.05, 0.1) is 0 Å². The molecule has 0 radical (unpaired) electrons. The molecule has 1 aromatic heterocycles. The normalized spacial score (nSPS) is 13.4. The number of hydrogen-bond donors (Lipinski definition) is 0. The lowest BCUT2D eigenvalue weighted by molar-refractivity contribution is 0.877. The Morgan fingerprint density at radius 2 is 1.94 bits per heavy atom.